The molecule has 1 unspecified atom stereocenters. The van der Waals surface area contributed by atoms with Crippen LogP contribution in [0.15, 0.2) is 18.2 Å². The monoisotopic (exact) mass is 430 g/mol. The summed E-state index contributed by atoms with van der Waals surface area (Å²) in [6.45, 7) is 7.09. The molecule has 6 rings (SSSR count). The first-order valence-electron chi connectivity index (χ1n) is 11.7. The highest BCUT2D eigenvalue weighted by molar-refractivity contribution is 6.33. The van der Waals surface area contributed by atoms with Crippen LogP contribution < -0.4 is 5.32 Å². The zero-order valence-corrected chi connectivity index (χ0v) is 19.3. The number of rotatable bonds is 3. The van der Waals surface area contributed by atoms with Gasteiger partial charge in [0.25, 0.3) is 0 Å². The Kier molecular flexibility index (Phi) is 5.00. The lowest BCUT2D eigenvalue weighted by Gasteiger charge is -2.57. The van der Waals surface area contributed by atoms with E-state index < -0.39 is 5.60 Å². The van der Waals surface area contributed by atoms with Gasteiger partial charge in [0.15, 0.2) is 0 Å². The number of hydrogen-bond donors (Lipinski definition) is 1. The van der Waals surface area contributed by atoms with Crippen molar-refractivity contribution in [1.29, 1.82) is 0 Å². The molecule has 30 heavy (non-hydrogen) atoms. The fourth-order valence-corrected chi connectivity index (χ4v) is 7.25. The van der Waals surface area contributed by atoms with Crippen LogP contribution in [0.25, 0.3) is 0 Å². The molecule has 4 nitrogen and oxygen atoms in total. The molecule has 5 aliphatic rings. The molecule has 1 aliphatic heterocycles. The number of likely N-dealkylation sites (tertiary alicyclic amines) is 1. The first-order chi connectivity index (χ1) is 14.2. The molecule has 0 radical (unpaired) electrons. The Morgan fingerprint density at radius 1 is 1.13 bits per heavy atom. The highest BCUT2D eigenvalue weighted by atomic mass is 35.5. The SMILES string of the molecule is CC(C)(C)OC(=O)N1CCC(Nc2ccc(C34CC5CC(CC(C5)C3)C4)cc2Cl)C1. The number of halogens is 1. The van der Waals surface area contributed by atoms with E-state index in [1.807, 2.05) is 20.8 Å². The summed E-state index contributed by atoms with van der Waals surface area (Å²) in [5, 5.41) is 4.39. The second-order valence-electron chi connectivity index (χ2n) is 11.4. The number of benzene rings is 1. The first kappa shape index (κ1) is 20.5. The molecule has 1 amide bonds. The van der Waals surface area contributed by atoms with E-state index in [9.17, 15) is 4.79 Å². The largest absolute Gasteiger partial charge is 0.444 e. The Balaban J connectivity index is 1.25. The highest BCUT2D eigenvalue weighted by Crippen LogP contribution is 2.61. The van der Waals surface area contributed by atoms with Crippen LogP contribution in [0.3, 0.4) is 0 Å². The van der Waals surface area contributed by atoms with Crippen molar-refractivity contribution in [2.45, 2.75) is 82.8 Å². The van der Waals surface area contributed by atoms with Crippen LogP contribution in [-0.2, 0) is 10.2 Å². The van der Waals surface area contributed by atoms with Gasteiger partial charge in [0.2, 0.25) is 0 Å². The number of carbonyl (C=O) groups excluding carboxylic acids is 1. The summed E-state index contributed by atoms with van der Waals surface area (Å²) in [6, 6.07) is 6.94. The van der Waals surface area contributed by atoms with Crippen molar-refractivity contribution < 1.29 is 9.53 Å². The minimum Gasteiger partial charge on any atom is -0.444 e. The van der Waals surface area contributed by atoms with Gasteiger partial charge in [-0.2, -0.15) is 0 Å². The van der Waals surface area contributed by atoms with E-state index >= 15 is 0 Å². The number of carbonyl (C=O) groups is 1. The molecular weight excluding hydrogens is 396 g/mol. The van der Waals surface area contributed by atoms with Gasteiger partial charge in [0, 0.05) is 19.1 Å². The highest BCUT2D eigenvalue weighted by Gasteiger charge is 2.51. The minimum atomic E-state index is -0.459. The quantitative estimate of drug-likeness (QED) is 0.618. The number of nitrogens with zero attached hydrogens (tertiary/aromatic N) is 1. The summed E-state index contributed by atoms with van der Waals surface area (Å²) in [5.41, 5.74) is 2.36. The summed E-state index contributed by atoms with van der Waals surface area (Å²) in [4.78, 5) is 14.1. The molecule has 4 aliphatic carbocycles. The third-order valence-corrected chi connectivity index (χ3v) is 8.13. The summed E-state index contributed by atoms with van der Waals surface area (Å²) in [5.74, 6) is 2.81. The fraction of sp³-hybridized carbons (Fsp3) is 0.720. The molecule has 1 atom stereocenters. The fourth-order valence-electron chi connectivity index (χ4n) is 7.02. The molecule has 1 aromatic rings. The van der Waals surface area contributed by atoms with Gasteiger partial charge in [-0.3, -0.25) is 0 Å². The summed E-state index contributed by atoms with van der Waals surface area (Å²) in [7, 11) is 0. The maximum absolute atomic E-state index is 12.3. The van der Waals surface area contributed by atoms with Crippen molar-refractivity contribution in [3.05, 3.63) is 28.8 Å². The lowest BCUT2D eigenvalue weighted by atomic mass is 9.48. The van der Waals surface area contributed by atoms with Crippen molar-refractivity contribution in [3.8, 4) is 0 Å². The number of ether oxygens (including phenoxy) is 1. The van der Waals surface area contributed by atoms with E-state index in [0.717, 1.165) is 41.4 Å². The Morgan fingerprint density at radius 2 is 1.77 bits per heavy atom. The predicted molar refractivity (Wildman–Crippen MR) is 121 cm³/mol. The zero-order chi connectivity index (χ0) is 21.1. The van der Waals surface area contributed by atoms with Crippen LogP contribution in [0, 0.1) is 17.8 Å². The first-order valence-corrected chi connectivity index (χ1v) is 12.1. The van der Waals surface area contributed by atoms with E-state index in [-0.39, 0.29) is 12.1 Å². The molecule has 1 aromatic carbocycles. The van der Waals surface area contributed by atoms with Gasteiger partial charge in [-0.25, -0.2) is 4.79 Å². The zero-order valence-electron chi connectivity index (χ0n) is 18.5. The lowest BCUT2D eigenvalue weighted by Crippen LogP contribution is -2.48. The van der Waals surface area contributed by atoms with Gasteiger partial charge >= 0.3 is 6.09 Å². The van der Waals surface area contributed by atoms with Crippen molar-refractivity contribution >= 4 is 23.4 Å². The van der Waals surface area contributed by atoms with Gasteiger partial charge in [-0.05, 0) is 107 Å². The lowest BCUT2D eigenvalue weighted by molar-refractivity contribution is -0.00518. The average molecular weight is 431 g/mol. The molecule has 1 heterocycles. The van der Waals surface area contributed by atoms with Crippen molar-refractivity contribution in [3.63, 3.8) is 0 Å². The third-order valence-electron chi connectivity index (χ3n) is 7.82. The average Bonchev–Trinajstić information content (AvgIpc) is 3.10. The third kappa shape index (κ3) is 3.92. The van der Waals surface area contributed by atoms with Crippen molar-refractivity contribution in [2.24, 2.45) is 17.8 Å². The maximum atomic E-state index is 12.3. The van der Waals surface area contributed by atoms with E-state index in [1.54, 1.807) is 4.90 Å². The van der Waals surface area contributed by atoms with Crippen molar-refractivity contribution in [2.75, 3.05) is 18.4 Å². The number of amides is 1. The van der Waals surface area contributed by atoms with E-state index in [2.05, 4.69) is 23.5 Å². The van der Waals surface area contributed by atoms with Gasteiger partial charge in [-0.15, -0.1) is 0 Å². The van der Waals surface area contributed by atoms with Gasteiger partial charge in [-0.1, -0.05) is 17.7 Å². The molecule has 1 saturated heterocycles. The second kappa shape index (κ2) is 7.32. The molecule has 5 fully saturated rings. The maximum Gasteiger partial charge on any atom is 0.410 e. The summed E-state index contributed by atoms with van der Waals surface area (Å²) >= 11 is 6.77. The molecule has 0 spiro atoms. The molecular formula is C25H35ClN2O2. The van der Waals surface area contributed by atoms with Gasteiger partial charge < -0.3 is 15.0 Å². The van der Waals surface area contributed by atoms with Crippen LogP contribution in [0.1, 0.15) is 71.3 Å². The molecule has 164 valence electrons. The Hall–Kier alpha value is -1.42. The summed E-state index contributed by atoms with van der Waals surface area (Å²) < 4.78 is 5.51. The second-order valence-corrected chi connectivity index (χ2v) is 11.9. The van der Waals surface area contributed by atoms with E-state index in [4.69, 9.17) is 16.3 Å². The Morgan fingerprint density at radius 3 is 2.33 bits per heavy atom. The number of hydrogen-bond acceptors (Lipinski definition) is 3. The van der Waals surface area contributed by atoms with E-state index in [1.165, 1.54) is 44.1 Å². The van der Waals surface area contributed by atoms with Gasteiger partial charge in [0.05, 0.1) is 10.7 Å². The minimum absolute atomic E-state index is 0.209. The van der Waals surface area contributed by atoms with Crippen LogP contribution in [0.4, 0.5) is 10.5 Å². The molecule has 4 saturated carbocycles. The van der Waals surface area contributed by atoms with Gasteiger partial charge in [0.1, 0.15) is 5.60 Å². The molecule has 1 N–H and O–H groups in total. The number of nitrogens with one attached hydrogen (secondary N) is 1. The van der Waals surface area contributed by atoms with Crippen molar-refractivity contribution in [1.82, 2.24) is 4.90 Å². The van der Waals surface area contributed by atoms with E-state index in [0.29, 0.717) is 12.0 Å². The van der Waals surface area contributed by atoms with Crippen LogP contribution in [0.2, 0.25) is 5.02 Å². The topological polar surface area (TPSA) is 41.6 Å². The standard InChI is InChI=1S/C25H35ClN2O2/c1-24(2,3)30-23(29)28-7-6-20(15-28)27-22-5-4-19(11-21(22)26)25-12-16-8-17(13-25)10-18(9-16)14-25/h4-5,11,16-18,20,27H,6-10,12-15H2,1-3H3. The molecule has 0 aromatic heterocycles. The molecule has 5 heteroatoms. The number of anilines is 1. The normalized spacial score (nSPS) is 35.0. The smallest absolute Gasteiger partial charge is 0.410 e. The predicted octanol–water partition coefficient (Wildman–Crippen LogP) is 6.23. The van der Waals surface area contributed by atoms with Crippen LogP contribution in [0.5, 0.6) is 0 Å². The van der Waals surface area contributed by atoms with Crippen LogP contribution in [-0.4, -0.2) is 35.7 Å². The Bertz CT molecular complexity index is 796. The Labute approximate surface area is 185 Å². The van der Waals surface area contributed by atoms with Crippen LogP contribution >= 0.6 is 11.6 Å². The summed E-state index contributed by atoms with van der Waals surface area (Å²) in [6.07, 6.45) is 9.13. The molecule has 4 bridgehead atoms.